The maximum Gasteiger partial charge on any atom is 0.256 e. The highest BCUT2D eigenvalue weighted by Crippen LogP contribution is 2.20. The fourth-order valence-electron chi connectivity index (χ4n) is 2.97. The highest BCUT2D eigenvalue weighted by Gasteiger charge is 2.26. The zero-order valence-corrected chi connectivity index (χ0v) is 13.9. The van der Waals surface area contributed by atoms with Crippen molar-refractivity contribution in [1.29, 1.82) is 0 Å². The van der Waals surface area contributed by atoms with E-state index in [2.05, 4.69) is 29.1 Å². The lowest BCUT2D eigenvalue weighted by Gasteiger charge is -2.27. The number of benzene rings is 1. The van der Waals surface area contributed by atoms with E-state index in [1.54, 1.807) is 12.4 Å². The van der Waals surface area contributed by atoms with E-state index < -0.39 is 0 Å². The molecule has 122 valence electrons. The molecular formula is C17H23N5O. The quantitative estimate of drug-likeness (QED) is 0.847. The Kier molecular flexibility index (Phi) is 4.43. The summed E-state index contributed by atoms with van der Waals surface area (Å²) in [6, 6.07) is 6.06. The van der Waals surface area contributed by atoms with Crippen molar-refractivity contribution < 1.29 is 4.79 Å². The van der Waals surface area contributed by atoms with Crippen molar-refractivity contribution in [2.24, 2.45) is 0 Å². The van der Waals surface area contributed by atoms with Gasteiger partial charge in [-0.3, -0.25) is 4.79 Å². The molecule has 6 heteroatoms. The van der Waals surface area contributed by atoms with Crippen molar-refractivity contribution in [3.05, 3.63) is 41.7 Å². The fraction of sp³-hybridized carbons (Fsp3) is 0.471. The summed E-state index contributed by atoms with van der Waals surface area (Å²) in [5.41, 5.74) is 2.46. The average Bonchev–Trinajstić information content (AvgIpc) is 3.01. The smallest absolute Gasteiger partial charge is 0.256 e. The molecule has 0 aliphatic carbocycles. The standard InChI is InChI=1S/C17H23N5O/c1-13-4-5-16(22-18-7-8-19-22)15(12-13)17(23)21-11-10-20(3)9-6-14(21)2/h4-5,7-8,12,14H,6,9-11H2,1-3H3/t14-/m1/s1. The summed E-state index contributed by atoms with van der Waals surface area (Å²) in [6.07, 6.45) is 4.23. The van der Waals surface area contributed by atoms with Crippen LogP contribution in [0, 0.1) is 6.92 Å². The van der Waals surface area contributed by atoms with E-state index in [-0.39, 0.29) is 11.9 Å². The lowest BCUT2D eigenvalue weighted by atomic mass is 10.1. The fourth-order valence-corrected chi connectivity index (χ4v) is 2.97. The van der Waals surface area contributed by atoms with Crippen LogP contribution in [0.15, 0.2) is 30.6 Å². The molecule has 0 radical (unpaired) electrons. The van der Waals surface area contributed by atoms with Crippen LogP contribution in [-0.4, -0.2) is 63.4 Å². The van der Waals surface area contributed by atoms with Gasteiger partial charge in [0.05, 0.1) is 23.6 Å². The van der Waals surface area contributed by atoms with Crippen molar-refractivity contribution in [1.82, 2.24) is 24.8 Å². The van der Waals surface area contributed by atoms with Crippen LogP contribution >= 0.6 is 0 Å². The maximum atomic E-state index is 13.2. The summed E-state index contributed by atoms with van der Waals surface area (Å²) in [4.78, 5) is 18.9. The third kappa shape index (κ3) is 3.27. The number of carbonyl (C=O) groups excluding carboxylic acids is 1. The Morgan fingerprint density at radius 2 is 1.91 bits per heavy atom. The van der Waals surface area contributed by atoms with Crippen LogP contribution in [0.1, 0.15) is 29.3 Å². The van der Waals surface area contributed by atoms with Crippen molar-refractivity contribution >= 4 is 5.91 Å². The number of aromatic nitrogens is 3. The third-order valence-electron chi connectivity index (χ3n) is 4.46. The van der Waals surface area contributed by atoms with E-state index in [4.69, 9.17) is 0 Å². The van der Waals surface area contributed by atoms with Crippen molar-refractivity contribution in [3.63, 3.8) is 0 Å². The maximum absolute atomic E-state index is 13.2. The van der Waals surface area contributed by atoms with Crippen LogP contribution in [0.3, 0.4) is 0 Å². The normalized spacial score (nSPS) is 19.6. The van der Waals surface area contributed by atoms with Gasteiger partial charge in [-0.25, -0.2) is 0 Å². The summed E-state index contributed by atoms with van der Waals surface area (Å²) in [7, 11) is 2.10. The molecule has 1 saturated heterocycles. The van der Waals surface area contributed by atoms with E-state index in [0.717, 1.165) is 37.3 Å². The first-order valence-corrected chi connectivity index (χ1v) is 8.03. The van der Waals surface area contributed by atoms with E-state index in [1.165, 1.54) is 4.80 Å². The van der Waals surface area contributed by atoms with Crippen LogP contribution in [-0.2, 0) is 0 Å². The molecule has 0 bridgehead atoms. The van der Waals surface area contributed by atoms with E-state index in [0.29, 0.717) is 5.56 Å². The van der Waals surface area contributed by atoms with Crippen LogP contribution in [0.4, 0.5) is 0 Å². The van der Waals surface area contributed by atoms with Gasteiger partial charge in [0.2, 0.25) is 0 Å². The zero-order chi connectivity index (χ0) is 16.4. The molecule has 0 N–H and O–H groups in total. The summed E-state index contributed by atoms with van der Waals surface area (Å²) in [5, 5.41) is 8.36. The van der Waals surface area contributed by atoms with Gasteiger partial charge in [-0.05, 0) is 46.0 Å². The van der Waals surface area contributed by atoms with Crippen LogP contribution in [0.2, 0.25) is 0 Å². The molecule has 1 atom stereocenters. The first-order valence-electron chi connectivity index (χ1n) is 8.03. The first-order chi connectivity index (χ1) is 11.1. The van der Waals surface area contributed by atoms with Crippen LogP contribution in [0.25, 0.3) is 5.69 Å². The van der Waals surface area contributed by atoms with Gasteiger partial charge in [0, 0.05) is 19.1 Å². The highest BCUT2D eigenvalue weighted by molar-refractivity contribution is 5.98. The van der Waals surface area contributed by atoms with E-state index in [9.17, 15) is 4.79 Å². The van der Waals surface area contributed by atoms with Crippen molar-refractivity contribution in [2.45, 2.75) is 26.3 Å². The van der Waals surface area contributed by atoms with Gasteiger partial charge in [0.25, 0.3) is 5.91 Å². The Labute approximate surface area is 136 Å². The molecule has 1 aliphatic heterocycles. The monoisotopic (exact) mass is 313 g/mol. The lowest BCUT2D eigenvalue weighted by molar-refractivity contribution is 0.0701. The van der Waals surface area contributed by atoms with Gasteiger partial charge >= 0.3 is 0 Å². The summed E-state index contributed by atoms with van der Waals surface area (Å²) in [6.45, 7) is 6.79. The molecule has 1 aromatic carbocycles. The second-order valence-electron chi connectivity index (χ2n) is 6.28. The predicted molar refractivity (Wildman–Crippen MR) is 88.7 cm³/mol. The summed E-state index contributed by atoms with van der Waals surface area (Å²) in [5.74, 6) is 0.0591. The van der Waals surface area contributed by atoms with Crippen molar-refractivity contribution in [3.8, 4) is 5.69 Å². The number of likely N-dealkylation sites (N-methyl/N-ethyl adjacent to an activating group) is 1. The molecule has 3 rings (SSSR count). The molecular weight excluding hydrogens is 290 g/mol. The third-order valence-corrected chi connectivity index (χ3v) is 4.46. The molecule has 1 amide bonds. The molecule has 0 unspecified atom stereocenters. The molecule has 1 aliphatic rings. The minimum atomic E-state index is 0.0591. The Morgan fingerprint density at radius 3 is 2.65 bits per heavy atom. The number of carbonyl (C=O) groups is 1. The Hall–Kier alpha value is -2.21. The highest BCUT2D eigenvalue weighted by atomic mass is 16.2. The largest absolute Gasteiger partial charge is 0.335 e. The molecule has 1 fully saturated rings. The van der Waals surface area contributed by atoms with E-state index in [1.807, 2.05) is 30.0 Å². The molecule has 1 aromatic heterocycles. The van der Waals surface area contributed by atoms with Crippen molar-refractivity contribution in [2.75, 3.05) is 26.7 Å². The van der Waals surface area contributed by atoms with Gasteiger partial charge < -0.3 is 9.80 Å². The van der Waals surface area contributed by atoms with Gasteiger partial charge in [-0.15, -0.1) is 0 Å². The van der Waals surface area contributed by atoms with E-state index >= 15 is 0 Å². The van der Waals surface area contributed by atoms with Crippen LogP contribution in [0.5, 0.6) is 0 Å². The second kappa shape index (κ2) is 6.50. The zero-order valence-electron chi connectivity index (χ0n) is 13.9. The molecule has 23 heavy (non-hydrogen) atoms. The number of rotatable bonds is 2. The minimum absolute atomic E-state index is 0.0591. The number of hydrogen-bond donors (Lipinski definition) is 0. The Balaban J connectivity index is 1.97. The number of aryl methyl sites for hydroxylation is 1. The Morgan fingerprint density at radius 1 is 1.17 bits per heavy atom. The molecule has 0 saturated carbocycles. The Bertz CT molecular complexity index is 682. The minimum Gasteiger partial charge on any atom is -0.335 e. The molecule has 2 aromatic rings. The number of hydrogen-bond acceptors (Lipinski definition) is 4. The second-order valence-corrected chi connectivity index (χ2v) is 6.28. The average molecular weight is 313 g/mol. The van der Waals surface area contributed by atoms with Gasteiger partial charge in [0.1, 0.15) is 0 Å². The first kappa shape index (κ1) is 15.7. The summed E-state index contributed by atoms with van der Waals surface area (Å²) < 4.78 is 0. The van der Waals surface area contributed by atoms with Gasteiger partial charge in [-0.2, -0.15) is 15.0 Å². The predicted octanol–water partition coefficient (Wildman–Crippen LogP) is 1.74. The SMILES string of the molecule is Cc1ccc(-n2nccn2)c(C(=O)N2CCN(C)CC[C@H]2C)c1. The molecule has 2 heterocycles. The number of nitrogens with zero attached hydrogens (tertiary/aromatic N) is 5. The summed E-state index contributed by atoms with van der Waals surface area (Å²) >= 11 is 0. The molecule has 0 spiro atoms. The molecule has 6 nitrogen and oxygen atoms in total. The number of amides is 1. The topological polar surface area (TPSA) is 54.3 Å². The van der Waals surface area contributed by atoms with Crippen LogP contribution < -0.4 is 0 Å². The van der Waals surface area contributed by atoms with Gasteiger partial charge in [-0.1, -0.05) is 11.6 Å². The lowest BCUT2D eigenvalue weighted by Crippen LogP contribution is -2.40. The van der Waals surface area contributed by atoms with Gasteiger partial charge in [0.15, 0.2) is 0 Å².